The molecule has 0 spiro atoms. The predicted octanol–water partition coefficient (Wildman–Crippen LogP) is 5.90. The third kappa shape index (κ3) is 4.35. The second-order valence-electron chi connectivity index (χ2n) is 7.57. The summed E-state index contributed by atoms with van der Waals surface area (Å²) in [6.45, 7) is 0. The topological polar surface area (TPSA) is 81.1 Å². The molecular formula is C25H19Cl2N5O2. The highest BCUT2D eigenvalue weighted by Crippen LogP contribution is 2.34. The first-order valence-electron chi connectivity index (χ1n) is 10.4. The highest BCUT2D eigenvalue weighted by molar-refractivity contribution is 6.30. The molecule has 1 aliphatic rings. The number of rotatable bonds is 5. The summed E-state index contributed by atoms with van der Waals surface area (Å²) in [6, 6.07) is 21.7. The van der Waals surface area contributed by atoms with E-state index in [2.05, 4.69) is 20.7 Å². The minimum atomic E-state index is -0.366. The molecule has 0 saturated carbocycles. The Morgan fingerprint density at radius 3 is 2.38 bits per heavy atom. The molecule has 170 valence electrons. The van der Waals surface area contributed by atoms with E-state index in [1.165, 1.54) is 7.11 Å². The van der Waals surface area contributed by atoms with E-state index in [1.807, 2.05) is 54.6 Å². The lowest BCUT2D eigenvalue weighted by atomic mass is 10.0. The molecular weight excluding hydrogens is 473 g/mol. The molecule has 0 unspecified atom stereocenters. The van der Waals surface area contributed by atoms with Crippen LogP contribution in [0, 0.1) is 0 Å². The molecule has 2 heterocycles. The molecule has 0 bridgehead atoms. The van der Waals surface area contributed by atoms with Crippen molar-refractivity contribution in [3.63, 3.8) is 0 Å². The van der Waals surface area contributed by atoms with Gasteiger partial charge in [0.1, 0.15) is 11.8 Å². The largest absolute Gasteiger partial charge is 0.496 e. The normalized spacial score (nSPS) is 14.6. The molecule has 1 aliphatic heterocycles. The number of nitrogens with one attached hydrogen (secondary N) is 2. The van der Waals surface area contributed by atoms with Crippen LogP contribution in [0.15, 0.2) is 78.9 Å². The average Bonchev–Trinajstić information content (AvgIpc) is 3.26. The van der Waals surface area contributed by atoms with E-state index in [4.69, 9.17) is 27.9 Å². The van der Waals surface area contributed by atoms with Crippen molar-refractivity contribution in [2.45, 2.75) is 6.04 Å². The molecule has 0 radical (unpaired) electrons. The summed E-state index contributed by atoms with van der Waals surface area (Å²) in [5.74, 6) is 0.757. The Morgan fingerprint density at radius 2 is 1.68 bits per heavy atom. The smallest absolute Gasteiger partial charge is 0.261 e. The zero-order chi connectivity index (χ0) is 23.7. The summed E-state index contributed by atoms with van der Waals surface area (Å²) in [5, 5.41) is 11.9. The summed E-state index contributed by atoms with van der Waals surface area (Å²) in [5.41, 5.74) is 3.14. The second kappa shape index (κ2) is 9.21. The Hall–Kier alpha value is -3.81. The number of anilines is 2. The van der Waals surface area contributed by atoms with Crippen LogP contribution in [0.25, 0.3) is 5.70 Å². The Kier molecular flexibility index (Phi) is 5.96. The first-order chi connectivity index (χ1) is 16.5. The van der Waals surface area contributed by atoms with Gasteiger partial charge in [-0.15, -0.1) is 5.10 Å². The monoisotopic (exact) mass is 491 g/mol. The van der Waals surface area contributed by atoms with E-state index in [1.54, 1.807) is 28.9 Å². The van der Waals surface area contributed by atoms with E-state index >= 15 is 0 Å². The lowest BCUT2D eigenvalue weighted by molar-refractivity contribution is 0.102. The Labute approximate surface area is 206 Å². The Bertz CT molecular complexity index is 1380. The molecule has 1 amide bonds. The number of allylic oxidation sites excluding steroid dienone is 1. The fourth-order valence-electron chi connectivity index (χ4n) is 3.74. The van der Waals surface area contributed by atoms with Crippen molar-refractivity contribution in [2.24, 2.45) is 0 Å². The van der Waals surface area contributed by atoms with E-state index in [9.17, 15) is 4.79 Å². The van der Waals surface area contributed by atoms with Crippen LogP contribution in [0.3, 0.4) is 0 Å². The molecule has 9 heteroatoms. The van der Waals surface area contributed by atoms with Gasteiger partial charge in [0.2, 0.25) is 5.95 Å². The summed E-state index contributed by atoms with van der Waals surface area (Å²) in [4.78, 5) is 17.4. The number of aromatic nitrogens is 3. The summed E-state index contributed by atoms with van der Waals surface area (Å²) in [7, 11) is 1.52. The number of methoxy groups -OCH3 is 1. The van der Waals surface area contributed by atoms with Crippen LogP contribution in [0.2, 0.25) is 10.0 Å². The summed E-state index contributed by atoms with van der Waals surface area (Å²) in [6.07, 6.45) is 2.04. The molecule has 0 fully saturated rings. The maximum absolute atomic E-state index is 12.9. The third-order valence-electron chi connectivity index (χ3n) is 5.41. The first-order valence-corrected chi connectivity index (χ1v) is 11.2. The van der Waals surface area contributed by atoms with E-state index in [0.29, 0.717) is 27.3 Å². The van der Waals surface area contributed by atoms with Crippen molar-refractivity contribution in [1.82, 2.24) is 14.8 Å². The number of carbonyl (C=O) groups is 1. The van der Waals surface area contributed by atoms with E-state index in [0.717, 1.165) is 16.8 Å². The second-order valence-corrected chi connectivity index (χ2v) is 8.44. The van der Waals surface area contributed by atoms with Crippen LogP contribution >= 0.6 is 23.2 Å². The van der Waals surface area contributed by atoms with E-state index < -0.39 is 0 Å². The van der Waals surface area contributed by atoms with Gasteiger partial charge in [0.05, 0.1) is 12.7 Å². The fraction of sp³-hybridized carbons (Fsp3) is 0.0800. The third-order valence-corrected chi connectivity index (χ3v) is 5.91. The van der Waals surface area contributed by atoms with Crippen molar-refractivity contribution in [2.75, 3.05) is 17.7 Å². The van der Waals surface area contributed by atoms with Crippen molar-refractivity contribution in [3.05, 3.63) is 106 Å². The Balaban J connectivity index is 1.51. The number of halogens is 2. The summed E-state index contributed by atoms with van der Waals surface area (Å²) < 4.78 is 7.02. The molecule has 34 heavy (non-hydrogen) atoms. The van der Waals surface area contributed by atoms with Crippen LogP contribution < -0.4 is 15.4 Å². The zero-order valence-electron chi connectivity index (χ0n) is 18.0. The lowest BCUT2D eigenvalue weighted by Gasteiger charge is -2.24. The number of hydrogen-bond donors (Lipinski definition) is 2. The number of nitrogens with zero attached hydrogens (tertiary/aromatic N) is 3. The van der Waals surface area contributed by atoms with Crippen LogP contribution in [-0.4, -0.2) is 27.8 Å². The average molecular weight is 492 g/mol. The standard InChI is InChI=1S/C25H19Cl2N5O2/c1-34-22-5-3-2-4-19(22)23(33)29-24-30-25-28-20(15-6-10-17(26)11-7-15)14-21(32(25)31-24)16-8-12-18(27)13-9-16/h2-14,21H,1H3,(H2,28,29,30,31,33)/t21-/m1/s1. The molecule has 1 aromatic heterocycles. The predicted molar refractivity (Wildman–Crippen MR) is 134 cm³/mol. The number of benzene rings is 3. The van der Waals surface area contributed by atoms with Gasteiger partial charge >= 0.3 is 0 Å². The van der Waals surface area contributed by atoms with Gasteiger partial charge in [-0.05, 0) is 53.6 Å². The van der Waals surface area contributed by atoms with E-state index in [-0.39, 0.29) is 17.9 Å². The maximum Gasteiger partial charge on any atom is 0.261 e. The zero-order valence-corrected chi connectivity index (χ0v) is 19.5. The van der Waals surface area contributed by atoms with Gasteiger partial charge in [0.15, 0.2) is 0 Å². The molecule has 0 aliphatic carbocycles. The number of amides is 1. The number of fused-ring (bicyclic) bond motifs is 1. The highest BCUT2D eigenvalue weighted by Gasteiger charge is 2.26. The van der Waals surface area contributed by atoms with Crippen LogP contribution in [0.4, 0.5) is 11.9 Å². The lowest BCUT2D eigenvalue weighted by Crippen LogP contribution is -2.20. The summed E-state index contributed by atoms with van der Waals surface area (Å²) >= 11 is 12.2. The first kappa shape index (κ1) is 22.0. The van der Waals surface area contributed by atoms with Crippen LogP contribution in [0.1, 0.15) is 27.5 Å². The van der Waals surface area contributed by atoms with Gasteiger partial charge in [-0.2, -0.15) is 4.98 Å². The minimum Gasteiger partial charge on any atom is -0.496 e. The van der Waals surface area contributed by atoms with Gasteiger partial charge in [-0.1, -0.05) is 59.6 Å². The van der Waals surface area contributed by atoms with Crippen molar-refractivity contribution >= 4 is 46.7 Å². The van der Waals surface area contributed by atoms with Gasteiger partial charge in [0, 0.05) is 15.7 Å². The van der Waals surface area contributed by atoms with Gasteiger partial charge in [0.25, 0.3) is 11.9 Å². The van der Waals surface area contributed by atoms with Crippen molar-refractivity contribution < 1.29 is 9.53 Å². The number of hydrogen-bond acceptors (Lipinski definition) is 5. The molecule has 0 saturated heterocycles. The highest BCUT2D eigenvalue weighted by atomic mass is 35.5. The van der Waals surface area contributed by atoms with Crippen molar-refractivity contribution in [1.29, 1.82) is 0 Å². The quantitative estimate of drug-likeness (QED) is 0.363. The molecule has 1 atom stereocenters. The SMILES string of the molecule is COc1ccccc1C(=O)Nc1nc2n(n1)[C@@H](c1ccc(Cl)cc1)C=C(c1ccc(Cl)cc1)N2. The van der Waals surface area contributed by atoms with Crippen molar-refractivity contribution in [3.8, 4) is 5.75 Å². The fourth-order valence-corrected chi connectivity index (χ4v) is 3.99. The molecule has 3 aromatic carbocycles. The Morgan fingerprint density at radius 1 is 1.00 bits per heavy atom. The molecule has 7 nitrogen and oxygen atoms in total. The minimum absolute atomic E-state index is 0.170. The van der Waals surface area contributed by atoms with Gasteiger partial charge in [-0.3, -0.25) is 10.1 Å². The van der Waals surface area contributed by atoms with Crippen LogP contribution in [0.5, 0.6) is 5.75 Å². The van der Waals surface area contributed by atoms with Gasteiger partial charge in [-0.25, -0.2) is 4.68 Å². The maximum atomic E-state index is 12.9. The molecule has 4 aromatic rings. The van der Waals surface area contributed by atoms with Gasteiger partial charge < -0.3 is 10.1 Å². The molecule has 5 rings (SSSR count). The van der Waals surface area contributed by atoms with Crippen LogP contribution in [-0.2, 0) is 0 Å². The number of carbonyl (C=O) groups excluding carboxylic acids is 1. The molecule has 2 N–H and O–H groups in total. The number of para-hydroxylation sites is 1. The number of ether oxygens (including phenoxy) is 1.